The second-order valence-corrected chi connectivity index (χ2v) is 5.64. The van der Waals surface area contributed by atoms with Gasteiger partial charge < -0.3 is 9.30 Å². The Bertz CT molecular complexity index is 950. The molecule has 3 aromatic rings. The normalized spacial score (nSPS) is 11.0. The van der Waals surface area contributed by atoms with E-state index in [2.05, 4.69) is 5.10 Å². The molecule has 2 aromatic heterocycles. The Morgan fingerprint density at radius 2 is 2.08 bits per heavy atom. The van der Waals surface area contributed by atoms with Gasteiger partial charge in [0, 0.05) is 36.3 Å². The topological polar surface area (TPSA) is 66.1 Å². The van der Waals surface area contributed by atoms with Crippen LogP contribution in [-0.2, 0) is 18.8 Å². The van der Waals surface area contributed by atoms with Crippen LogP contribution in [0.5, 0.6) is 0 Å². The number of aromatic nitrogens is 3. The maximum atomic E-state index is 12.2. The Morgan fingerprint density at radius 3 is 2.75 bits per heavy atom. The summed E-state index contributed by atoms with van der Waals surface area (Å²) in [6.07, 6.45) is 0.760. The highest BCUT2D eigenvalue weighted by molar-refractivity contribution is 6.03. The molecule has 0 aliphatic heterocycles. The van der Waals surface area contributed by atoms with E-state index >= 15 is 0 Å². The molecule has 24 heavy (non-hydrogen) atoms. The van der Waals surface area contributed by atoms with E-state index in [0.717, 1.165) is 34.0 Å². The number of carbonyl (C=O) groups is 2. The fourth-order valence-corrected chi connectivity index (χ4v) is 3.07. The summed E-state index contributed by atoms with van der Waals surface area (Å²) in [6, 6.07) is 7.60. The number of carbonyl (C=O) groups excluding carboxylic acids is 2. The highest BCUT2D eigenvalue weighted by Gasteiger charge is 2.21. The molecule has 0 saturated carbocycles. The quantitative estimate of drug-likeness (QED) is 0.546. The van der Waals surface area contributed by atoms with Gasteiger partial charge in [-0.25, -0.2) is 4.79 Å². The Hall–Kier alpha value is -2.89. The molecule has 6 heteroatoms. The third-order valence-corrected chi connectivity index (χ3v) is 4.28. The van der Waals surface area contributed by atoms with Crippen LogP contribution in [0.15, 0.2) is 24.3 Å². The predicted molar refractivity (Wildman–Crippen MR) is 91.2 cm³/mol. The minimum atomic E-state index is -0.360. The van der Waals surface area contributed by atoms with Crippen LogP contribution in [0.1, 0.15) is 33.6 Å². The summed E-state index contributed by atoms with van der Waals surface area (Å²) in [6.45, 7) is 4.02. The molecule has 0 spiro atoms. The van der Waals surface area contributed by atoms with Gasteiger partial charge >= 0.3 is 5.97 Å². The van der Waals surface area contributed by atoms with Crippen molar-refractivity contribution in [2.75, 3.05) is 6.61 Å². The number of aldehydes is 1. The van der Waals surface area contributed by atoms with Crippen LogP contribution in [0.2, 0.25) is 0 Å². The van der Waals surface area contributed by atoms with Crippen molar-refractivity contribution in [3.05, 3.63) is 41.3 Å². The zero-order valence-electron chi connectivity index (χ0n) is 14.2. The molecule has 1 aromatic carbocycles. The minimum absolute atomic E-state index is 0.324. The largest absolute Gasteiger partial charge is 0.461 e. The molecule has 3 rings (SSSR count). The van der Waals surface area contributed by atoms with Crippen LogP contribution < -0.4 is 0 Å². The standard InChI is InChI=1S/C18H19N3O3/c1-5-24-18(23)15-9-12-7-6-8-13(17(12)20(15)3)16-11(2)21(4)19-14(16)10-22/h6-10H,5H2,1-4H3. The van der Waals surface area contributed by atoms with E-state index in [0.29, 0.717) is 18.0 Å². The lowest BCUT2D eigenvalue weighted by Gasteiger charge is -2.08. The lowest BCUT2D eigenvalue weighted by molar-refractivity contribution is 0.0515. The first-order valence-electron chi connectivity index (χ1n) is 7.74. The summed E-state index contributed by atoms with van der Waals surface area (Å²) in [5, 5.41) is 5.18. The third-order valence-electron chi connectivity index (χ3n) is 4.28. The number of aryl methyl sites for hydroxylation is 2. The van der Waals surface area contributed by atoms with Crippen molar-refractivity contribution in [2.24, 2.45) is 14.1 Å². The summed E-state index contributed by atoms with van der Waals surface area (Å²) in [5.74, 6) is -0.360. The molecular formula is C18H19N3O3. The van der Waals surface area contributed by atoms with Crippen LogP contribution in [-0.4, -0.2) is 33.2 Å². The number of nitrogens with zero attached hydrogens (tertiary/aromatic N) is 3. The lowest BCUT2D eigenvalue weighted by Crippen LogP contribution is -2.09. The van der Waals surface area contributed by atoms with Gasteiger partial charge in [-0.1, -0.05) is 18.2 Å². The highest BCUT2D eigenvalue weighted by Crippen LogP contribution is 2.34. The van der Waals surface area contributed by atoms with Crippen LogP contribution in [0.3, 0.4) is 0 Å². The molecule has 0 atom stereocenters. The van der Waals surface area contributed by atoms with E-state index in [1.165, 1.54) is 0 Å². The molecular weight excluding hydrogens is 306 g/mol. The van der Waals surface area contributed by atoms with E-state index < -0.39 is 0 Å². The van der Waals surface area contributed by atoms with Gasteiger partial charge in [-0.05, 0) is 19.9 Å². The summed E-state index contributed by atoms with van der Waals surface area (Å²) in [4.78, 5) is 23.6. The van der Waals surface area contributed by atoms with Gasteiger partial charge in [0.2, 0.25) is 0 Å². The maximum Gasteiger partial charge on any atom is 0.354 e. The molecule has 0 saturated heterocycles. The first kappa shape index (κ1) is 16.0. The van der Waals surface area contributed by atoms with Crippen LogP contribution in [0.4, 0.5) is 0 Å². The molecule has 6 nitrogen and oxygen atoms in total. The molecule has 0 aliphatic carbocycles. The van der Waals surface area contributed by atoms with Gasteiger partial charge in [-0.3, -0.25) is 9.48 Å². The highest BCUT2D eigenvalue weighted by atomic mass is 16.5. The second kappa shape index (κ2) is 5.96. The van der Waals surface area contributed by atoms with E-state index in [-0.39, 0.29) is 5.97 Å². The van der Waals surface area contributed by atoms with Gasteiger partial charge in [0.15, 0.2) is 6.29 Å². The van der Waals surface area contributed by atoms with Crippen molar-refractivity contribution in [1.29, 1.82) is 0 Å². The number of benzene rings is 1. The van der Waals surface area contributed by atoms with E-state index in [1.807, 2.05) is 42.8 Å². The number of fused-ring (bicyclic) bond motifs is 1. The Morgan fingerprint density at radius 1 is 1.33 bits per heavy atom. The summed E-state index contributed by atoms with van der Waals surface area (Å²) >= 11 is 0. The zero-order valence-corrected chi connectivity index (χ0v) is 14.2. The van der Waals surface area contributed by atoms with Crippen molar-refractivity contribution in [2.45, 2.75) is 13.8 Å². The van der Waals surface area contributed by atoms with Gasteiger partial charge in [0.05, 0.1) is 12.1 Å². The van der Waals surface area contributed by atoms with Gasteiger partial charge in [0.25, 0.3) is 0 Å². The van der Waals surface area contributed by atoms with Crippen molar-refractivity contribution < 1.29 is 14.3 Å². The minimum Gasteiger partial charge on any atom is -0.461 e. The summed E-state index contributed by atoms with van der Waals surface area (Å²) in [5.41, 5.74) is 4.30. The smallest absolute Gasteiger partial charge is 0.354 e. The number of esters is 1. The van der Waals surface area contributed by atoms with Crippen LogP contribution >= 0.6 is 0 Å². The molecule has 0 radical (unpaired) electrons. The number of rotatable bonds is 4. The molecule has 0 amide bonds. The number of hydrogen-bond acceptors (Lipinski definition) is 4. The third kappa shape index (κ3) is 2.31. The summed E-state index contributed by atoms with van der Waals surface area (Å²) in [7, 11) is 3.63. The number of ether oxygens (including phenoxy) is 1. The Labute approximate surface area is 139 Å². The van der Waals surface area contributed by atoms with Gasteiger partial charge in [-0.2, -0.15) is 5.10 Å². The van der Waals surface area contributed by atoms with Crippen LogP contribution in [0, 0.1) is 6.92 Å². The molecule has 0 bridgehead atoms. The first-order valence-corrected chi connectivity index (χ1v) is 7.74. The lowest BCUT2D eigenvalue weighted by atomic mass is 10.0. The predicted octanol–water partition coefficient (Wildman–Crippen LogP) is 2.88. The summed E-state index contributed by atoms with van der Waals surface area (Å²) < 4.78 is 8.62. The molecule has 0 fully saturated rings. The molecule has 2 heterocycles. The van der Waals surface area contributed by atoms with E-state index in [1.54, 1.807) is 18.7 Å². The zero-order chi connectivity index (χ0) is 17.4. The van der Waals surface area contributed by atoms with Crippen molar-refractivity contribution in [1.82, 2.24) is 14.3 Å². The monoisotopic (exact) mass is 325 g/mol. The molecule has 0 N–H and O–H groups in total. The van der Waals surface area contributed by atoms with Gasteiger partial charge in [0.1, 0.15) is 11.4 Å². The molecule has 0 unspecified atom stereocenters. The van der Waals surface area contributed by atoms with Crippen molar-refractivity contribution in [3.8, 4) is 11.1 Å². The average molecular weight is 325 g/mol. The van der Waals surface area contributed by atoms with Crippen LogP contribution in [0.25, 0.3) is 22.0 Å². The Kier molecular flexibility index (Phi) is 3.97. The van der Waals surface area contributed by atoms with E-state index in [4.69, 9.17) is 4.74 Å². The fourth-order valence-electron chi connectivity index (χ4n) is 3.07. The average Bonchev–Trinajstić information content (AvgIpc) is 3.05. The van der Waals surface area contributed by atoms with Crippen molar-refractivity contribution >= 4 is 23.2 Å². The first-order chi connectivity index (χ1) is 11.5. The fraction of sp³-hybridized carbons (Fsp3) is 0.278. The SMILES string of the molecule is CCOC(=O)c1cc2cccc(-c3c(C=O)nn(C)c3C)c2n1C. The Balaban J connectivity index is 2.31. The number of para-hydroxylation sites is 1. The second-order valence-electron chi connectivity index (χ2n) is 5.64. The molecule has 124 valence electrons. The van der Waals surface area contributed by atoms with Gasteiger partial charge in [-0.15, -0.1) is 0 Å². The maximum absolute atomic E-state index is 12.2. The van der Waals surface area contributed by atoms with E-state index in [9.17, 15) is 9.59 Å². The number of hydrogen-bond donors (Lipinski definition) is 0. The molecule has 0 aliphatic rings. The van der Waals surface area contributed by atoms with Crippen molar-refractivity contribution in [3.63, 3.8) is 0 Å².